The fraction of sp³-hybridized carbons (Fsp3) is 0.935. The minimum Gasteiger partial charge on any atom is -0.550 e. The van der Waals surface area contributed by atoms with E-state index in [0.717, 1.165) is 103 Å². The Bertz CT molecular complexity index is 1020. The smallest absolute Gasteiger partial charge is 0.550 e. The molecule has 2 unspecified atom stereocenters. The monoisotopic (exact) mass is 1030 g/mol. The van der Waals surface area contributed by atoms with Gasteiger partial charge in [0.05, 0.1) is 0 Å². The Morgan fingerprint density at radius 1 is 0.268 bits per heavy atom. The van der Waals surface area contributed by atoms with Crippen molar-refractivity contribution in [2.75, 3.05) is 0 Å². The number of aliphatic carboxylic acids is 2. The van der Waals surface area contributed by atoms with Gasteiger partial charge in [-0.25, -0.2) is 0 Å². The summed E-state index contributed by atoms with van der Waals surface area (Å²) in [6.45, 7) is 9.02. The molecule has 0 radical (unpaired) electrons. The summed E-state index contributed by atoms with van der Waals surface area (Å²) < 4.78 is 11.8. The molecule has 0 heterocycles. The summed E-state index contributed by atoms with van der Waals surface area (Å²) in [6.07, 6.45) is 58.4. The Morgan fingerprint density at radius 3 is 0.634 bits per heavy atom. The summed E-state index contributed by atoms with van der Waals surface area (Å²) in [5.74, 6) is -1.96. The Morgan fingerprint density at radius 2 is 0.437 bits per heavy atom. The van der Waals surface area contributed by atoms with Crippen LogP contribution in [0, 0.1) is 0 Å². The maximum Gasteiger partial charge on any atom is 2.00 e. The van der Waals surface area contributed by atoms with E-state index in [0.29, 0.717) is 25.7 Å². The molecule has 0 aliphatic carbocycles. The van der Waals surface area contributed by atoms with Gasteiger partial charge in [0.25, 0.3) is 0 Å². The summed E-state index contributed by atoms with van der Waals surface area (Å²) in [7, 11) is 0. The molecule has 0 aromatic carbocycles. The number of hydrogen-bond acceptors (Lipinski definition) is 8. The van der Waals surface area contributed by atoms with Crippen molar-refractivity contribution in [2.24, 2.45) is 0 Å². The second-order valence-electron chi connectivity index (χ2n) is 21.3. The number of esters is 2. The molecule has 0 aliphatic heterocycles. The van der Waals surface area contributed by atoms with Crippen LogP contribution in [0.15, 0.2) is 0 Å². The van der Waals surface area contributed by atoms with Crippen molar-refractivity contribution in [3.8, 4) is 0 Å². The molecule has 0 spiro atoms. The minimum atomic E-state index is -0.960. The quantitative estimate of drug-likeness (QED) is 0.0334. The molecule has 0 fully saturated rings. The zero-order chi connectivity index (χ0) is 51.6. The minimum absolute atomic E-state index is 0. The van der Waals surface area contributed by atoms with Crippen LogP contribution in [-0.2, 0) is 28.7 Å². The molecule has 416 valence electrons. The van der Waals surface area contributed by atoms with Gasteiger partial charge in [-0.3, -0.25) is 9.59 Å². The largest absolute Gasteiger partial charge is 2.00 e. The van der Waals surface area contributed by atoms with E-state index >= 15 is 0 Å². The van der Waals surface area contributed by atoms with Crippen molar-refractivity contribution in [1.82, 2.24) is 0 Å². The Hall–Kier alpha value is -0.860. The van der Waals surface area contributed by atoms with Gasteiger partial charge in [-0.1, -0.05) is 259 Å². The van der Waals surface area contributed by atoms with Crippen molar-refractivity contribution in [3.05, 3.63) is 0 Å². The molecule has 0 aromatic heterocycles. The second-order valence-corrected chi connectivity index (χ2v) is 21.3. The first kappa shape index (κ1) is 74.4. The standard InChI is InChI=1S/2C31H60O4.Ca/c2*1-3-5-7-9-11-13-14-16-18-24-28-31(34)35-29(26-22-19-20-23-27-30(32)33)25-21-17-15-12-10-8-6-4-2;/h2*29H,3-28H2,1-2H3,(H,32,33);/q;;+2/p-2. The van der Waals surface area contributed by atoms with E-state index in [1.54, 1.807) is 0 Å². The molecule has 9 heteroatoms. The van der Waals surface area contributed by atoms with Crippen LogP contribution in [0.3, 0.4) is 0 Å². The predicted molar refractivity (Wildman–Crippen MR) is 298 cm³/mol. The van der Waals surface area contributed by atoms with Crippen LogP contribution in [0.5, 0.6) is 0 Å². The van der Waals surface area contributed by atoms with E-state index in [-0.39, 0.29) is 74.7 Å². The van der Waals surface area contributed by atoms with E-state index in [9.17, 15) is 29.4 Å². The molecular weight excluding hydrogens is 913 g/mol. The molecule has 71 heavy (non-hydrogen) atoms. The van der Waals surface area contributed by atoms with Gasteiger partial charge in [0, 0.05) is 24.8 Å². The summed E-state index contributed by atoms with van der Waals surface area (Å²) >= 11 is 0. The van der Waals surface area contributed by atoms with Crippen LogP contribution in [0.25, 0.3) is 0 Å². The van der Waals surface area contributed by atoms with Gasteiger partial charge in [-0.05, 0) is 89.9 Å². The molecule has 0 saturated carbocycles. The van der Waals surface area contributed by atoms with Gasteiger partial charge in [0.1, 0.15) is 12.2 Å². The first-order valence-corrected chi connectivity index (χ1v) is 31.0. The van der Waals surface area contributed by atoms with E-state index in [1.165, 1.54) is 193 Å². The van der Waals surface area contributed by atoms with Crippen molar-refractivity contribution < 1.29 is 38.9 Å². The molecule has 8 nitrogen and oxygen atoms in total. The molecular formula is C62H118CaO8. The van der Waals surface area contributed by atoms with E-state index in [4.69, 9.17) is 9.47 Å². The van der Waals surface area contributed by atoms with Crippen LogP contribution in [0.4, 0.5) is 0 Å². The number of carbonyl (C=O) groups excluding carboxylic acids is 4. The number of carbonyl (C=O) groups is 4. The number of rotatable bonds is 56. The first-order valence-electron chi connectivity index (χ1n) is 31.0. The number of carboxylic acid groups (broad SMARTS) is 2. The number of carboxylic acids is 2. The number of unbranched alkanes of at least 4 members (excludes halogenated alkanes) is 38. The molecule has 0 aliphatic rings. The van der Waals surface area contributed by atoms with Gasteiger partial charge < -0.3 is 29.3 Å². The summed E-state index contributed by atoms with van der Waals surface area (Å²) in [5, 5.41) is 21.1. The molecule has 0 saturated heterocycles. The Labute approximate surface area is 471 Å². The molecule has 0 N–H and O–H groups in total. The predicted octanol–water partition coefficient (Wildman–Crippen LogP) is 17.3. The van der Waals surface area contributed by atoms with Crippen LogP contribution in [0.1, 0.15) is 362 Å². The number of hydrogen-bond donors (Lipinski definition) is 0. The maximum atomic E-state index is 12.4. The number of ether oxygens (including phenoxy) is 2. The Kier molecular flexibility index (Phi) is 66.5. The fourth-order valence-corrected chi connectivity index (χ4v) is 9.53. The van der Waals surface area contributed by atoms with Gasteiger partial charge in [0.2, 0.25) is 0 Å². The van der Waals surface area contributed by atoms with Gasteiger partial charge in [-0.15, -0.1) is 0 Å². The van der Waals surface area contributed by atoms with Crippen LogP contribution in [-0.4, -0.2) is 73.8 Å². The SMILES string of the molecule is CCCCCCCCCCCCC(=O)OC(CCCCCCCCCC)CCCCCCC(=O)[O-].CCCCCCCCCCCCC(=O)OC(CCCCCCCCCC)CCCCCCC(=O)[O-].[Ca+2]. The van der Waals surface area contributed by atoms with Crippen molar-refractivity contribution >= 4 is 61.6 Å². The first-order chi connectivity index (χ1) is 34.2. The molecule has 0 rings (SSSR count). The fourth-order valence-electron chi connectivity index (χ4n) is 9.53. The average molecular weight is 1030 g/mol. The molecule has 0 bridgehead atoms. The van der Waals surface area contributed by atoms with E-state index in [1.807, 2.05) is 0 Å². The molecule has 0 amide bonds. The summed E-state index contributed by atoms with van der Waals surface area (Å²) in [4.78, 5) is 46.0. The third-order valence-electron chi connectivity index (χ3n) is 14.1. The van der Waals surface area contributed by atoms with Gasteiger partial charge in [0.15, 0.2) is 0 Å². The zero-order valence-corrected chi connectivity index (χ0v) is 50.1. The van der Waals surface area contributed by atoms with E-state index in [2.05, 4.69) is 27.7 Å². The average Bonchev–Trinajstić information content (AvgIpc) is 3.33. The van der Waals surface area contributed by atoms with Crippen molar-refractivity contribution in [2.45, 2.75) is 374 Å². The van der Waals surface area contributed by atoms with Crippen molar-refractivity contribution in [1.29, 1.82) is 0 Å². The summed E-state index contributed by atoms with van der Waals surface area (Å²) in [5.41, 5.74) is 0. The summed E-state index contributed by atoms with van der Waals surface area (Å²) in [6, 6.07) is 0. The zero-order valence-electron chi connectivity index (χ0n) is 47.9. The Balaban J connectivity index is -0.00000128. The molecule has 0 aromatic rings. The third-order valence-corrected chi connectivity index (χ3v) is 14.1. The topological polar surface area (TPSA) is 133 Å². The third kappa shape index (κ3) is 65.2. The van der Waals surface area contributed by atoms with Gasteiger partial charge in [-0.2, -0.15) is 0 Å². The second kappa shape index (κ2) is 63.4. The van der Waals surface area contributed by atoms with Crippen LogP contribution >= 0.6 is 0 Å². The van der Waals surface area contributed by atoms with Crippen LogP contribution < -0.4 is 10.2 Å². The van der Waals surface area contributed by atoms with Crippen LogP contribution in [0.2, 0.25) is 0 Å². The maximum absolute atomic E-state index is 12.4. The van der Waals surface area contributed by atoms with Crippen molar-refractivity contribution in [3.63, 3.8) is 0 Å². The van der Waals surface area contributed by atoms with E-state index < -0.39 is 11.9 Å². The molecule has 2 atom stereocenters. The van der Waals surface area contributed by atoms with Gasteiger partial charge >= 0.3 is 49.7 Å². The normalized spacial score (nSPS) is 11.9.